The van der Waals surface area contributed by atoms with Gasteiger partial charge < -0.3 is 14.8 Å². The summed E-state index contributed by atoms with van der Waals surface area (Å²) in [5.41, 5.74) is 0.502. The van der Waals surface area contributed by atoms with Crippen molar-refractivity contribution in [1.29, 1.82) is 0 Å². The van der Waals surface area contributed by atoms with E-state index in [2.05, 4.69) is 5.32 Å². The lowest BCUT2D eigenvalue weighted by Crippen LogP contribution is -2.41. The number of nitrogens with zero attached hydrogens (tertiary/aromatic N) is 2. The fourth-order valence-electron chi connectivity index (χ4n) is 2.96. The van der Waals surface area contributed by atoms with Gasteiger partial charge in [-0.2, -0.15) is 0 Å². The molecule has 0 bridgehead atoms. The van der Waals surface area contributed by atoms with Crippen LogP contribution >= 0.6 is 11.3 Å². The van der Waals surface area contributed by atoms with Crippen LogP contribution in [-0.4, -0.2) is 29.3 Å². The van der Waals surface area contributed by atoms with Gasteiger partial charge in [0.05, 0.1) is 19.7 Å². The summed E-state index contributed by atoms with van der Waals surface area (Å²) in [4.78, 5) is 37.4. The first-order chi connectivity index (χ1) is 13.5. The molecule has 2 heterocycles. The minimum Gasteiger partial charge on any atom is -0.493 e. The molecule has 148 valence electrons. The number of fused-ring (bicyclic) bond motifs is 1. The monoisotopic (exact) mass is 403 g/mol. The first kappa shape index (κ1) is 19.7. The van der Waals surface area contributed by atoms with Crippen molar-refractivity contribution in [1.82, 2.24) is 14.5 Å². The number of hydrogen-bond donors (Lipinski definition) is 1. The molecule has 28 heavy (non-hydrogen) atoms. The van der Waals surface area contributed by atoms with Crippen molar-refractivity contribution in [3.8, 4) is 11.5 Å². The second-order valence-corrected chi connectivity index (χ2v) is 6.94. The number of carbonyl (C=O) groups is 1. The molecule has 0 radical (unpaired) electrons. The molecule has 0 unspecified atom stereocenters. The van der Waals surface area contributed by atoms with Gasteiger partial charge in [0.15, 0.2) is 11.5 Å². The Morgan fingerprint density at radius 2 is 1.86 bits per heavy atom. The van der Waals surface area contributed by atoms with Gasteiger partial charge in [-0.05, 0) is 36.1 Å². The summed E-state index contributed by atoms with van der Waals surface area (Å²) in [5.74, 6) is 0.844. The molecule has 0 saturated carbocycles. The third-order valence-corrected chi connectivity index (χ3v) is 5.28. The number of carbonyl (C=O) groups excluding carboxylic acids is 1. The van der Waals surface area contributed by atoms with E-state index in [9.17, 15) is 14.4 Å². The fourth-order valence-corrected chi connectivity index (χ4v) is 3.80. The zero-order valence-electron chi connectivity index (χ0n) is 15.9. The molecule has 9 heteroatoms. The number of rotatable bonds is 7. The molecule has 0 aliphatic rings. The lowest BCUT2D eigenvalue weighted by atomic mass is 10.2. The molecule has 0 saturated heterocycles. The minimum absolute atomic E-state index is 0.167. The highest BCUT2D eigenvalue weighted by Gasteiger charge is 2.15. The normalized spacial score (nSPS) is 10.8. The first-order valence-electron chi connectivity index (χ1n) is 8.68. The van der Waals surface area contributed by atoms with Crippen LogP contribution in [0.4, 0.5) is 0 Å². The summed E-state index contributed by atoms with van der Waals surface area (Å²) in [6.07, 6.45) is 0. The zero-order valence-corrected chi connectivity index (χ0v) is 16.7. The van der Waals surface area contributed by atoms with E-state index in [1.807, 2.05) is 6.07 Å². The van der Waals surface area contributed by atoms with Crippen LogP contribution in [0.2, 0.25) is 0 Å². The molecular weight excluding hydrogens is 382 g/mol. The molecule has 1 N–H and O–H groups in total. The molecular formula is C19H21N3O5S. The third kappa shape index (κ3) is 3.65. The molecule has 1 amide bonds. The summed E-state index contributed by atoms with van der Waals surface area (Å²) in [5, 5.41) is 4.53. The van der Waals surface area contributed by atoms with Crippen molar-refractivity contribution in [3.63, 3.8) is 0 Å². The van der Waals surface area contributed by atoms with Gasteiger partial charge >= 0.3 is 5.69 Å². The van der Waals surface area contributed by atoms with Gasteiger partial charge in [0.25, 0.3) is 5.56 Å². The Bertz CT molecular complexity index is 1130. The average Bonchev–Trinajstić information content (AvgIpc) is 3.19. The number of aromatic nitrogens is 2. The molecule has 0 aliphatic heterocycles. The van der Waals surface area contributed by atoms with Crippen molar-refractivity contribution >= 4 is 27.5 Å². The van der Waals surface area contributed by atoms with E-state index < -0.39 is 5.69 Å². The Morgan fingerprint density at radius 1 is 1.11 bits per heavy atom. The van der Waals surface area contributed by atoms with Crippen molar-refractivity contribution in [3.05, 3.63) is 56.0 Å². The standard InChI is InChI=1S/C19H21N3O5S/c1-4-21-18(24)17-13(7-8-28-17)22(19(21)25)11-16(23)20-10-12-5-6-14(26-2)15(9-12)27-3/h5-9H,4,10-11H2,1-3H3,(H,20,23). The molecule has 0 aliphatic carbocycles. The Kier molecular flexibility index (Phi) is 5.84. The second kappa shape index (κ2) is 8.30. The van der Waals surface area contributed by atoms with E-state index in [0.29, 0.717) is 21.7 Å². The zero-order chi connectivity index (χ0) is 20.3. The molecule has 3 aromatic rings. The molecule has 2 aromatic heterocycles. The van der Waals surface area contributed by atoms with Crippen molar-refractivity contribution in [2.24, 2.45) is 0 Å². The Morgan fingerprint density at radius 3 is 2.54 bits per heavy atom. The van der Waals surface area contributed by atoms with E-state index in [4.69, 9.17) is 9.47 Å². The van der Waals surface area contributed by atoms with Crippen LogP contribution in [0.5, 0.6) is 11.5 Å². The highest BCUT2D eigenvalue weighted by molar-refractivity contribution is 7.17. The molecule has 3 rings (SSSR count). The van der Waals surface area contributed by atoms with E-state index in [1.165, 1.54) is 15.9 Å². The Balaban J connectivity index is 1.80. The average molecular weight is 403 g/mol. The molecule has 1 aromatic carbocycles. The van der Waals surface area contributed by atoms with Crippen LogP contribution in [0.25, 0.3) is 10.2 Å². The molecule has 0 spiro atoms. The molecule has 8 nitrogen and oxygen atoms in total. The largest absolute Gasteiger partial charge is 0.493 e. The summed E-state index contributed by atoms with van der Waals surface area (Å²) >= 11 is 1.26. The highest BCUT2D eigenvalue weighted by atomic mass is 32.1. The number of hydrogen-bond acceptors (Lipinski definition) is 6. The van der Waals surface area contributed by atoms with E-state index in [1.54, 1.807) is 44.7 Å². The maximum absolute atomic E-state index is 12.6. The van der Waals surface area contributed by atoms with Crippen LogP contribution in [0.15, 0.2) is 39.2 Å². The Labute approximate surface area is 164 Å². The van der Waals surface area contributed by atoms with Gasteiger partial charge in [-0.1, -0.05) is 6.07 Å². The summed E-state index contributed by atoms with van der Waals surface area (Å²) in [6, 6.07) is 7.04. The van der Waals surface area contributed by atoms with Gasteiger partial charge in [0.2, 0.25) is 5.91 Å². The van der Waals surface area contributed by atoms with Crippen molar-refractivity contribution in [2.45, 2.75) is 26.6 Å². The highest BCUT2D eigenvalue weighted by Crippen LogP contribution is 2.27. The number of benzene rings is 1. The quantitative estimate of drug-likeness (QED) is 0.647. The smallest absolute Gasteiger partial charge is 0.331 e. The SMILES string of the molecule is CCn1c(=O)c2sccc2n(CC(=O)NCc2ccc(OC)c(OC)c2)c1=O. The van der Waals surface area contributed by atoms with Crippen LogP contribution in [-0.2, 0) is 24.4 Å². The van der Waals surface area contributed by atoms with Gasteiger partial charge in [-0.3, -0.25) is 18.7 Å². The van der Waals surface area contributed by atoms with Gasteiger partial charge in [0.1, 0.15) is 11.2 Å². The predicted octanol–water partition coefficient (Wildman–Crippen LogP) is 1.58. The van der Waals surface area contributed by atoms with Crippen molar-refractivity contribution in [2.75, 3.05) is 14.2 Å². The minimum atomic E-state index is -0.486. The Hall–Kier alpha value is -3.07. The molecule has 0 fully saturated rings. The van der Waals surface area contributed by atoms with Gasteiger partial charge in [-0.15, -0.1) is 11.3 Å². The number of ether oxygens (including phenoxy) is 2. The first-order valence-corrected chi connectivity index (χ1v) is 9.56. The van der Waals surface area contributed by atoms with E-state index in [0.717, 1.165) is 10.1 Å². The van der Waals surface area contributed by atoms with E-state index >= 15 is 0 Å². The predicted molar refractivity (Wildman–Crippen MR) is 107 cm³/mol. The van der Waals surface area contributed by atoms with Crippen LogP contribution < -0.4 is 26.0 Å². The third-order valence-electron chi connectivity index (χ3n) is 4.39. The molecule has 0 atom stereocenters. The number of nitrogens with one attached hydrogen (secondary N) is 1. The summed E-state index contributed by atoms with van der Waals surface area (Å²) < 4.78 is 13.4. The maximum Gasteiger partial charge on any atom is 0.331 e. The maximum atomic E-state index is 12.6. The van der Waals surface area contributed by atoms with Crippen molar-refractivity contribution < 1.29 is 14.3 Å². The topological polar surface area (TPSA) is 91.6 Å². The number of methoxy groups -OCH3 is 2. The lowest BCUT2D eigenvalue weighted by Gasteiger charge is -2.12. The van der Waals surface area contributed by atoms with Crippen LogP contribution in [0.1, 0.15) is 12.5 Å². The van der Waals surface area contributed by atoms with Crippen LogP contribution in [0, 0.1) is 0 Å². The summed E-state index contributed by atoms with van der Waals surface area (Å²) in [7, 11) is 3.10. The lowest BCUT2D eigenvalue weighted by molar-refractivity contribution is -0.121. The van der Waals surface area contributed by atoms with E-state index in [-0.39, 0.29) is 31.1 Å². The van der Waals surface area contributed by atoms with Gasteiger partial charge in [0, 0.05) is 13.1 Å². The summed E-state index contributed by atoms with van der Waals surface area (Å²) in [6.45, 7) is 2.08. The second-order valence-electron chi connectivity index (χ2n) is 6.02. The number of amides is 1. The fraction of sp³-hybridized carbons (Fsp3) is 0.316. The van der Waals surface area contributed by atoms with Crippen LogP contribution in [0.3, 0.4) is 0 Å². The van der Waals surface area contributed by atoms with Gasteiger partial charge in [-0.25, -0.2) is 4.79 Å². The number of thiophene rings is 1.